The van der Waals surface area contributed by atoms with Crippen LogP contribution in [-0.4, -0.2) is 64.5 Å². The molecule has 1 aliphatic heterocycles. The molecule has 1 saturated heterocycles. The van der Waals surface area contributed by atoms with Crippen molar-refractivity contribution in [2.75, 3.05) is 31.1 Å². The molecule has 2 heterocycles. The number of aromatic nitrogens is 2. The van der Waals surface area contributed by atoms with Crippen molar-refractivity contribution in [2.24, 2.45) is 9.98 Å². The maximum Gasteiger partial charge on any atom is 0.462 e. The topological polar surface area (TPSA) is 121 Å². The number of carbonyl (C=O) groups is 2. The van der Waals surface area contributed by atoms with Crippen LogP contribution in [0.15, 0.2) is 40.4 Å². The minimum absolute atomic E-state index is 0.119. The number of benzene rings is 1. The molecular weight excluding hydrogens is 448 g/mol. The summed E-state index contributed by atoms with van der Waals surface area (Å²) in [4.78, 5) is 44.4. The molecule has 2 aromatic rings. The Bertz CT molecular complexity index is 1190. The van der Waals surface area contributed by atoms with E-state index in [1.54, 1.807) is 12.2 Å². The maximum absolute atomic E-state index is 11.6. The third-order valence-electron chi connectivity index (χ3n) is 6.81. The minimum atomic E-state index is -1.49. The van der Waals surface area contributed by atoms with Gasteiger partial charge in [-0.1, -0.05) is 39.8 Å². The van der Waals surface area contributed by atoms with Crippen LogP contribution in [0.3, 0.4) is 0 Å². The SMILES string of the molecule is CC1(C)CCC(C)(C)c2cc(-c3ccnc(N4CCN(OC(=O)N=C=NC(=O)O)CC4)n3)ccc21. The van der Waals surface area contributed by atoms with E-state index in [9.17, 15) is 9.59 Å². The van der Waals surface area contributed by atoms with E-state index in [2.05, 4.69) is 60.9 Å². The summed E-state index contributed by atoms with van der Waals surface area (Å²) in [5.41, 5.74) is 5.03. The Morgan fingerprint density at radius 3 is 2.37 bits per heavy atom. The molecule has 0 unspecified atom stereocenters. The second kappa shape index (κ2) is 9.56. The smallest absolute Gasteiger partial charge is 0.462 e. The molecule has 35 heavy (non-hydrogen) atoms. The molecule has 0 bridgehead atoms. The Morgan fingerprint density at radius 2 is 1.69 bits per heavy atom. The van der Waals surface area contributed by atoms with E-state index >= 15 is 0 Å². The van der Waals surface area contributed by atoms with Crippen molar-refractivity contribution in [3.05, 3.63) is 41.6 Å². The van der Waals surface area contributed by atoms with Gasteiger partial charge >= 0.3 is 12.2 Å². The molecule has 1 N–H and O–H groups in total. The first-order chi connectivity index (χ1) is 16.5. The van der Waals surface area contributed by atoms with Crippen molar-refractivity contribution in [3.8, 4) is 11.3 Å². The summed E-state index contributed by atoms with van der Waals surface area (Å²) in [6, 6.07) is 10.4. The molecule has 1 fully saturated rings. The number of carbonyl (C=O) groups excluding carboxylic acids is 1. The monoisotopic (exact) mass is 478 g/mol. The molecule has 10 nitrogen and oxygen atoms in total. The molecule has 0 saturated carbocycles. The number of aliphatic imine (C=N–C) groups is 2. The van der Waals surface area contributed by atoms with Gasteiger partial charge in [-0.3, -0.25) is 0 Å². The number of amides is 2. The van der Waals surface area contributed by atoms with E-state index in [1.165, 1.54) is 22.6 Å². The molecule has 1 aromatic carbocycles. The highest BCUT2D eigenvalue weighted by Crippen LogP contribution is 2.46. The first-order valence-electron chi connectivity index (χ1n) is 11.6. The first kappa shape index (κ1) is 24.5. The van der Waals surface area contributed by atoms with Gasteiger partial charge in [0.1, 0.15) is 6.01 Å². The number of rotatable bonds is 3. The number of nitrogens with zero attached hydrogens (tertiary/aromatic N) is 6. The summed E-state index contributed by atoms with van der Waals surface area (Å²) in [5.74, 6) is 0.623. The zero-order chi connectivity index (χ0) is 25.2. The summed E-state index contributed by atoms with van der Waals surface area (Å²) >= 11 is 0. The third kappa shape index (κ3) is 5.55. The van der Waals surface area contributed by atoms with Crippen LogP contribution < -0.4 is 4.90 Å². The van der Waals surface area contributed by atoms with Gasteiger partial charge in [-0.15, -0.1) is 15.0 Å². The van der Waals surface area contributed by atoms with Gasteiger partial charge in [0.05, 0.1) is 18.8 Å². The highest BCUT2D eigenvalue weighted by Gasteiger charge is 2.37. The zero-order valence-electron chi connectivity index (χ0n) is 20.5. The number of fused-ring (bicyclic) bond motifs is 1. The number of hydrogen-bond acceptors (Lipinski definition) is 7. The highest BCUT2D eigenvalue weighted by molar-refractivity contribution is 5.80. The molecule has 2 aliphatic rings. The van der Waals surface area contributed by atoms with Crippen LogP contribution in [0.2, 0.25) is 0 Å². The lowest BCUT2D eigenvalue weighted by Crippen LogP contribution is -2.47. The summed E-state index contributed by atoms with van der Waals surface area (Å²) in [7, 11) is 0. The quantitative estimate of drug-likeness (QED) is 0.639. The largest absolute Gasteiger partial charge is 0.463 e. The van der Waals surface area contributed by atoms with Crippen LogP contribution in [0.25, 0.3) is 11.3 Å². The minimum Gasteiger partial charge on any atom is -0.463 e. The fourth-order valence-electron chi connectivity index (χ4n) is 4.63. The zero-order valence-corrected chi connectivity index (χ0v) is 20.5. The standard InChI is InChI=1S/C25H30N6O4/c1-24(2)8-9-25(3,4)19-15-17(5-6-18(19)24)20-7-10-26-21(29-20)30-11-13-31(14-12-30)35-23(34)28-16-27-22(32)33/h5-7,10,15H,8-9,11-14H2,1-4H3,(H,32,33). The molecule has 1 aliphatic carbocycles. The molecule has 0 radical (unpaired) electrons. The highest BCUT2D eigenvalue weighted by atomic mass is 16.7. The molecule has 10 heteroatoms. The van der Waals surface area contributed by atoms with Crippen LogP contribution >= 0.6 is 0 Å². The number of hydrogen-bond donors (Lipinski definition) is 1. The molecular formula is C25H30N6O4. The van der Waals surface area contributed by atoms with Crippen LogP contribution in [0.1, 0.15) is 51.7 Å². The van der Waals surface area contributed by atoms with Gasteiger partial charge in [0.25, 0.3) is 0 Å². The van der Waals surface area contributed by atoms with Crippen molar-refractivity contribution in [2.45, 2.75) is 51.4 Å². The molecule has 1 aromatic heterocycles. The Kier molecular flexibility index (Phi) is 6.69. The normalized spacial score (nSPS) is 18.7. The second-order valence-electron chi connectivity index (χ2n) is 10.1. The van der Waals surface area contributed by atoms with Crippen molar-refractivity contribution in [1.82, 2.24) is 15.0 Å². The molecule has 4 rings (SSSR count). The first-order valence-corrected chi connectivity index (χ1v) is 11.6. The number of anilines is 1. The summed E-state index contributed by atoms with van der Waals surface area (Å²) in [5, 5.41) is 9.86. The summed E-state index contributed by atoms with van der Waals surface area (Å²) in [6.45, 7) is 11.2. The van der Waals surface area contributed by atoms with E-state index in [0.29, 0.717) is 32.1 Å². The van der Waals surface area contributed by atoms with E-state index in [-0.39, 0.29) is 10.8 Å². The fraction of sp³-hybridized carbons (Fsp3) is 0.480. The van der Waals surface area contributed by atoms with Gasteiger partial charge < -0.3 is 14.8 Å². The van der Waals surface area contributed by atoms with Crippen molar-refractivity contribution in [1.29, 1.82) is 0 Å². The molecule has 2 amide bonds. The van der Waals surface area contributed by atoms with Crippen LogP contribution in [0.4, 0.5) is 15.5 Å². The number of carboxylic acid groups (broad SMARTS) is 1. The Balaban J connectivity index is 1.46. The van der Waals surface area contributed by atoms with E-state index in [4.69, 9.17) is 14.9 Å². The lowest BCUT2D eigenvalue weighted by Gasteiger charge is -2.42. The average molecular weight is 479 g/mol. The number of piperazine rings is 1. The lowest BCUT2D eigenvalue weighted by molar-refractivity contribution is -0.0984. The van der Waals surface area contributed by atoms with Gasteiger partial charge in [0, 0.05) is 24.8 Å². The molecule has 184 valence electrons. The summed E-state index contributed by atoms with van der Waals surface area (Å²) in [6.07, 6.45) is 1.64. The number of hydroxylamine groups is 2. The maximum atomic E-state index is 11.6. The average Bonchev–Trinajstić information content (AvgIpc) is 2.82. The van der Waals surface area contributed by atoms with Crippen molar-refractivity contribution in [3.63, 3.8) is 0 Å². The summed E-state index contributed by atoms with van der Waals surface area (Å²) < 4.78 is 0. The molecule has 0 spiro atoms. The predicted molar refractivity (Wildman–Crippen MR) is 131 cm³/mol. The Hall–Kier alpha value is -3.62. The van der Waals surface area contributed by atoms with Gasteiger partial charge in [-0.05, 0) is 46.9 Å². The van der Waals surface area contributed by atoms with E-state index in [1.807, 2.05) is 11.0 Å². The Morgan fingerprint density at radius 1 is 1.00 bits per heavy atom. The van der Waals surface area contributed by atoms with E-state index < -0.39 is 12.2 Å². The molecule has 0 atom stereocenters. The van der Waals surface area contributed by atoms with Gasteiger partial charge in [0.15, 0.2) is 0 Å². The van der Waals surface area contributed by atoms with Crippen LogP contribution in [0.5, 0.6) is 0 Å². The van der Waals surface area contributed by atoms with Gasteiger partial charge in [0.2, 0.25) is 5.95 Å². The van der Waals surface area contributed by atoms with Crippen LogP contribution in [-0.2, 0) is 15.7 Å². The van der Waals surface area contributed by atoms with Crippen molar-refractivity contribution < 1.29 is 19.5 Å². The van der Waals surface area contributed by atoms with Gasteiger partial charge in [-0.2, -0.15) is 0 Å². The van der Waals surface area contributed by atoms with E-state index in [0.717, 1.165) is 17.7 Å². The Labute approximate surface area is 204 Å². The van der Waals surface area contributed by atoms with Crippen molar-refractivity contribution >= 4 is 24.1 Å². The van der Waals surface area contributed by atoms with Gasteiger partial charge in [-0.25, -0.2) is 19.6 Å². The van der Waals surface area contributed by atoms with Crippen LogP contribution in [0, 0.1) is 0 Å². The third-order valence-corrected chi connectivity index (χ3v) is 6.81. The lowest BCUT2D eigenvalue weighted by atomic mass is 9.63. The fourth-order valence-corrected chi connectivity index (χ4v) is 4.63. The second-order valence-corrected chi connectivity index (χ2v) is 10.1. The predicted octanol–water partition coefficient (Wildman–Crippen LogP) is 4.52.